The molecule has 1 aliphatic rings. The number of hydrogen-bond acceptors (Lipinski definition) is 7. The van der Waals surface area contributed by atoms with Crippen LogP contribution in [0.3, 0.4) is 0 Å². The standard InChI is InChI=1S/C23H25FN7OS/c1-17-4-2-3-5-20(17)22(32)27-29-25-10-11-30-12-14-31(15-13-30)23-26-21(28-33-23)16-18-6-8-19(24)9-7-18/h2-9H,10-16H2,1H3/q+1. The van der Waals surface area contributed by atoms with Crippen LogP contribution in [0.4, 0.5) is 9.52 Å². The molecule has 0 aliphatic carbocycles. The Morgan fingerprint density at radius 3 is 2.64 bits per heavy atom. The SMILES string of the molecule is Cc1ccccc1C(=O)N=[N+]=NCCN1CCN(c2nc(Cc3ccc(F)cc3)ns2)CC1. The maximum absolute atomic E-state index is 13.1. The van der Waals surface area contributed by atoms with Gasteiger partial charge in [0, 0.05) is 50.7 Å². The third kappa shape index (κ3) is 6.35. The van der Waals surface area contributed by atoms with Crippen molar-refractivity contribution in [1.82, 2.24) is 19.2 Å². The first-order valence-corrected chi connectivity index (χ1v) is 11.6. The van der Waals surface area contributed by atoms with Gasteiger partial charge in [-0.05, 0) is 36.2 Å². The molecule has 170 valence electrons. The van der Waals surface area contributed by atoms with E-state index in [0.29, 0.717) is 18.5 Å². The van der Waals surface area contributed by atoms with Gasteiger partial charge in [0.2, 0.25) is 15.2 Å². The summed E-state index contributed by atoms with van der Waals surface area (Å²) in [7, 11) is 0. The number of benzene rings is 2. The van der Waals surface area contributed by atoms with Crippen molar-refractivity contribution in [2.24, 2.45) is 10.2 Å². The van der Waals surface area contributed by atoms with Gasteiger partial charge in [-0.2, -0.15) is 4.37 Å². The first kappa shape index (κ1) is 22.8. The van der Waals surface area contributed by atoms with Crippen LogP contribution in [0.2, 0.25) is 0 Å². The molecule has 1 aromatic heterocycles. The van der Waals surface area contributed by atoms with Crippen molar-refractivity contribution >= 4 is 22.6 Å². The van der Waals surface area contributed by atoms with Crippen LogP contribution in [0.5, 0.6) is 0 Å². The van der Waals surface area contributed by atoms with E-state index in [1.54, 1.807) is 24.3 Å². The lowest BCUT2D eigenvalue weighted by Crippen LogP contribution is -2.47. The van der Waals surface area contributed by atoms with Crippen molar-refractivity contribution in [3.8, 4) is 0 Å². The fourth-order valence-electron chi connectivity index (χ4n) is 3.56. The zero-order chi connectivity index (χ0) is 23.0. The van der Waals surface area contributed by atoms with Crippen molar-refractivity contribution in [1.29, 1.82) is 0 Å². The van der Waals surface area contributed by atoms with E-state index in [9.17, 15) is 9.18 Å². The summed E-state index contributed by atoms with van der Waals surface area (Å²) in [6.07, 6.45) is 0.596. The highest BCUT2D eigenvalue weighted by Gasteiger charge is 2.20. The molecule has 1 aliphatic heterocycles. The lowest BCUT2D eigenvalue weighted by atomic mass is 10.1. The zero-order valence-corrected chi connectivity index (χ0v) is 19.2. The highest BCUT2D eigenvalue weighted by atomic mass is 32.1. The van der Waals surface area contributed by atoms with Gasteiger partial charge in [-0.3, -0.25) is 9.69 Å². The Bertz CT molecular complexity index is 1150. The maximum Gasteiger partial charge on any atom is 0.360 e. The summed E-state index contributed by atoms with van der Waals surface area (Å²) in [6, 6.07) is 13.7. The molecule has 4 rings (SSSR count). The number of amides is 1. The highest BCUT2D eigenvalue weighted by molar-refractivity contribution is 7.09. The molecule has 1 fully saturated rings. The van der Waals surface area contributed by atoms with E-state index in [1.807, 2.05) is 19.1 Å². The van der Waals surface area contributed by atoms with Gasteiger partial charge in [-0.15, -0.1) is 0 Å². The van der Waals surface area contributed by atoms with Gasteiger partial charge in [0.1, 0.15) is 23.3 Å². The second-order valence-corrected chi connectivity index (χ2v) is 8.53. The molecule has 3 aromatic rings. The summed E-state index contributed by atoms with van der Waals surface area (Å²) in [5, 5.41) is 8.63. The van der Waals surface area contributed by atoms with E-state index < -0.39 is 0 Å². The van der Waals surface area contributed by atoms with E-state index in [0.717, 1.165) is 54.8 Å². The van der Waals surface area contributed by atoms with Crippen molar-refractivity contribution in [2.45, 2.75) is 13.3 Å². The van der Waals surface area contributed by atoms with Crippen LogP contribution in [0.1, 0.15) is 27.3 Å². The fourth-order valence-corrected chi connectivity index (χ4v) is 4.30. The second kappa shape index (κ2) is 11.0. The molecule has 0 atom stereocenters. The van der Waals surface area contributed by atoms with Crippen LogP contribution in [0, 0.1) is 12.7 Å². The molecule has 0 bridgehead atoms. The molecule has 2 heterocycles. The number of aromatic nitrogens is 2. The first-order chi connectivity index (χ1) is 16.1. The number of aryl methyl sites for hydroxylation is 1. The van der Waals surface area contributed by atoms with Crippen LogP contribution in [-0.4, -0.2) is 59.4 Å². The van der Waals surface area contributed by atoms with Gasteiger partial charge in [0.05, 0.1) is 5.56 Å². The number of carbonyl (C=O) groups excluding carboxylic acids is 1. The molecule has 0 unspecified atom stereocenters. The molecule has 2 aromatic carbocycles. The minimum Gasteiger partial charge on any atom is -0.344 e. The zero-order valence-electron chi connectivity index (χ0n) is 18.4. The molecule has 8 nitrogen and oxygen atoms in total. The number of rotatable bonds is 7. The second-order valence-electron chi connectivity index (χ2n) is 7.80. The molecule has 10 heteroatoms. The van der Waals surface area contributed by atoms with Crippen molar-refractivity contribution in [3.63, 3.8) is 0 Å². The van der Waals surface area contributed by atoms with Crippen LogP contribution in [-0.2, 0) is 6.42 Å². The summed E-state index contributed by atoms with van der Waals surface area (Å²) in [4.78, 5) is 25.0. The van der Waals surface area contributed by atoms with E-state index in [4.69, 9.17) is 0 Å². The molecule has 33 heavy (non-hydrogen) atoms. The number of piperazine rings is 1. The average Bonchev–Trinajstić information content (AvgIpc) is 3.29. The summed E-state index contributed by atoms with van der Waals surface area (Å²) >= 11 is 1.40. The van der Waals surface area contributed by atoms with Crippen LogP contribution >= 0.6 is 11.5 Å². The highest BCUT2D eigenvalue weighted by Crippen LogP contribution is 2.20. The van der Waals surface area contributed by atoms with Crippen molar-refractivity contribution in [2.75, 3.05) is 44.2 Å². The third-order valence-corrected chi connectivity index (χ3v) is 6.28. The smallest absolute Gasteiger partial charge is 0.344 e. The van der Waals surface area contributed by atoms with Gasteiger partial charge >= 0.3 is 5.91 Å². The van der Waals surface area contributed by atoms with Gasteiger partial charge < -0.3 is 4.90 Å². The van der Waals surface area contributed by atoms with Crippen LogP contribution in [0.15, 0.2) is 58.8 Å². The Morgan fingerprint density at radius 2 is 1.88 bits per heavy atom. The Labute approximate surface area is 195 Å². The van der Waals surface area contributed by atoms with Gasteiger partial charge in [-0.25, -0.2) is 9.37 Å². The molecule has 0 N–H and O–H groups in total. The average molecular weight is 467 g/mol. The summed E-state index contributed by atoms with van der Waals surface area (Å²) in [5.74, 6) is 0.143. The minimum absolute atomic E-state index is 0.241. The molecule has 0 radical (unpaired) electrons. The van der Waals surface area contributed by atoms with Gasteiger partial charge in [-0.1, -0.05) is 30.3 Å². The van der Waals surface area contributed by atoms with Crippen LogP contribution in [0.25, 0.3) is 0 Å². The predicted molar refractivity (Wildman–Crippen MR) is 125 cm³/mol. The molecule has 1 saturated heterocycles. The van der Waals surface area contributed by atoms with E-state index in [-0.39, 0.29) is 11.7 Å². The minimum atomic E-state index is -0.374. The number of hydrogen-bond donors (Lipinski definition) is 0. The topological polar surface area (TPSA) is 88.2 Å². The lowest BCUT2D eigenvalue weighted by molar-refractivity contribution is 0.0991. The van der Waals surface area contributed by atoms with Crippen LogP contribution < -0.4 is 9.81 Å². The number of carbonyl (C=O) groups is 1. The summed E-state index contributed by atoms with van der Waals surface area (Å²) < 4.78 is 17.5. The summed E-state index contributed by atoms with van der Waals surface area (Å²) in [5.41, 5.74) is 2.41. The quantitative estimate of drug-likeness (QED) is 0.393. The van der Waals surface area contributed by atoms with Gasteiger partial charge in [0.25, 0.3) is 0 Å². The Balaban J connectivity index is 1.20. The Kier molecular flexibility index (Phi) is 7.62. The largest absolute Gasteiger partial charge is 0.360 e. The van der Waals surface area contributed by atoms with E-state index in [2.05, 4.69) is 34.3 Å². The van der Waals surface area contributed by atoms with E-state index >= 15 is 0 Å². The summed E-state index contributed by atoms with van der Waals surface area (Å²) in [6.45, 7) is 6.62. The molecule has 0 saturated carbocycles. The fraction of sp³-hybridized carbons (Fsp3) is 0.348. The van der Waals surface area contributed by atoms with Gasteiger partial charge in [0.15, 0.2) is 0 Å². The van der Waals surface area contributed by atoms with E-state index in [1.165, 1.54) is 23.7 Å². The van der Waals surface area contributed by atoms with Crippen molar-refractivity contribution < 1.29 is 9.18 Å². The Hall–Kier alpha value is -3.33. The molecular formula is C23H25FN7OS+. The first-order valence-electron chi connectivity index (χ1n) is 10.8. The number of halogens is 1. The predicted octanol–water partition coefficient (Wildman–Crippen LogP) is 3.51. The monoisotopic (exact) mass is 466 g/mol. The maximum atomic E-state index is 13.1. The third-order valence-electron chi connectivity index (χ3n) is 5.47. The molecule has 0 spiro atoms. The number of nitrogens with zero attached hydrogens (tertiary/aromatic N) is 7. The lowest BCUT2D eigenvalue weighted by Gasteiger charge is -2.33. The van der Waals surface area contributed by atoms with Crippen molar-refractivity contribution in [3.05, 3.63) is 76.9 Å². The number of anilines is 1. The Morgan fingerprint density at radius 1 is 1.12 bits per heavy atom. The normalized spacial score (nSPS) is 14.1. The molecular weight excluding hydrogens is 441 g/mol. The molecule has 1 amide bonds.